The predicted octanol–water partition coefficient (Wildman–Crippen LogP) is 2.86. The molecule has 0 heterocycles. The molecule has 14 heavy (non-hydrogen) atoms. The van der Waals surface area contributed by atoms with E-state index in [1.807, 2.05) is 26.0 Å². The van der Waals surface area contributed by atoms with Crippen molar-refractivity contribution < 1.29 is 5.11 Å². The van der Waals surface area contributed by atoms with E-state index in [0.717, 1.165) is 16.7 Å². The molecule has 0 aliphatic carbocycles. The molecule has 0 amide bonds. The molecular formula is C10H13N3O. The summed E-state index contributed by atoms with van der Waals surface area (Å²) in [6.07, 6.45) is 0.714. The lowest BCUT2D eigenvalue weighted by atomic mass is 10.0. The number of nitrogens with zero attached hydrogens (tertiary/aromatic N) is 3. The first-order valence-corrected chi connectivity index (χ1v) is 4.45. The van der Waals surface area contributed by atoms with E-state index in [1.165, 1.54) is 0 Å². The van der Waals surface area contributed by atoms with Crippen molar-refractivity contribution in [3.05, 3.63) is 39.3 Å². The fourth-order valence-electron chi connectivity index (χ4n) is 1.41. The van der Waals surface area contributed by atoms with E-state index in [1.54, 1.807) is 0 Å². The number of aromatic hydroxyl groups is 1. The fraction of sp³-hybridized carbons (Fsp3) is 0.400. The van der Waals surface area contributed by atoms with Gasteiger partial charge < -0.3 is 5.11 Å². The molecule has 4 nitrogen and oxygen atoms in total. The van der Waals surface area contributed by atoms with Gasteiger partial charge in [0.1, 0.15) is 5.75 Å². The van der Waals surface area contributed by atoms with Crippen molar-refractivity contribution in [2.75, 3.05) is 6.54 Å². The van der Waals surface area contributed by atoms with E-state index >= 15 is 0 Å². The summed E-state index contributed by atoms with van der Waals surface area (Å²) in [5.74, 6) is 0.345. The van der Waals surface area contributed by atoms with Gasteiger partial charge in [-0.2, -0.15) is 0 Å². The van der Waals surface area contributed by atoms with Crippen LogP contribution in [-0.4, -0.2) is 11.7 Å². The molecule has 1 aromatic carbocycles. The SMILES string of the molecule is Cc1cc(CCN=[N+]=[N-])cc(C)c1O. The van der Waals surface area contributed by atoms with Gasteiger partial charge >= 0.3 is 0 Å². The first-order chi connectivity index (χ1) is 6.65. The summed E-state index contributed by atoms with van der Waals surface area (Å²) in [5, 5.41) is 13.0. The van der Waals surface area contributed by atoms with E-state index in [9.17, 15) is 5.11 Å². The van der Waals surface area contributed by atoms with Gasteiger partial charge in [-0.15, -0.1) is 0 Å². The molecule has 1 N–H and O–H groups in total. The lowest BCUT2D eigenvalue weighted by molar-refractivity contribution is 0.466. The smallest absolute Gasteiger partial charge is 0.121 e. The highest BCUT2D eigenvalue weighted by Crippen LogP contribution is 2.22. The molecule has 4 heteroatoms. The second-order valence-corrected chi connectivity index (χ2v) is 3.28. The van der Waals surface area contributed by atoms with Crippen LogP contribution in [0.1, 0.15) is 16.7 Å². The van der Waals surface area contributed by atoms with Crippen LogP contribution in [0.15, 0.2) is 17.2 Å². The maximum absolute atomic E-state index is 9.52. The highest BCUT2D eigenvalue weighted by atomic mass is 16.3. The highest BCUT2D eigenvalue weighted by Gasteiger charge is 2.02. The zero-order valence-corrected chi connectivity index (χ0v) is 8.36. The molecule has 0 aromatic heterocycles. The van der Waals surface area contributed by atoms with E-state index in [-0.39, 0.29) is 0 Å². The molecule has 0 radical (unpaired) electrons. The van der Waals surface area contributed by atoms with Crippen molar-refractivity contribution in [3.63, 3.8) is 0 Å². The molecule has 0 bridgehead atoms. The number of benzene rings is 1. The molecule has 0 saturated heterocycles. The lowest BCUT2D eigenvalue weighted by Gasteiger charge is -2.06. The van der Waals surface area contributed by atoms with Gasteiger partial charge in [-0.3, -0.25) is 0 Å². The first kappa shape index (κ1) is 10.4. The fourth-order valence-corrected chi connectivity index (χ4v) is 1.41. The van der Waals surface area contributed by atoms with Gasteiger partial charge in [-0.25, -0.2) is 0 Å². The molecule has 1 rings (SSSR count). The van der Waals surface area contributed by atoms with Crippen LogP contribution >= 0.6 is 0 Å². The van der Waals surface area contributed by atoms with Crippen molar-refractivity contribution in [2.45, 2.75) is 20.3 Å². The summed E-state index contributed by atoms with van der Waals surface area (Å²) >= 11 is 0. The number of hydrogen-bond donors (Lipinski definition) is 1. The maximum atomic E-state index is 9.52. The van der Waals surface area contributed by atoms with Gasteiger partial charge in [0.15, 0.2) is 0 Å². The Morgan fingerprint density at radius 2 is 1.93 bits per heavy atom. The van der Waals surface area contributed by atoms with Gasteiger partial charge in [0.05, 0.1) is 0 Å². The van der Waals surface area contributed by atoms with Gasteiger partial charge in [-0.05, 0) is 42.5 Å². The summed E-state index contributed by atoms with van der Waals surface area (Å²) in [5.41, 5.74) is 10.9. The molecule has 74 valence electrons. The minimum atomic E-state index is 0.345. The average molecular weight is 191 g/mol. The van der Waals surface area contributed by atoms with E-state index in [0.29, 0.717) is 18.7 Å². The molecule has 0 unspecified atom stereocenters. The predicted molar refractivity (Wildman–Crippen MR) is 55.3 cm³/mol. The van der Waals surface area contributed by atoms with Crippen LogP contribution in [0.5, 0.6) is 5.75 Å². The summed E-state index contributed by atoms with van der Waals surface area (Å²) in [6, 6.07) is 3.82. The molecule has 0 spiro atoms. The average Bonchev–Trinajstić information content (AvgIpc) is 2.14. The number of phenols is 1. The first-order valence-electron chi connectivity index (χ1n) is 4.45. The Kier molecular flexibility index (Phi) is 3.37. The van der Waals surface area contributed by atoms with Gasteiger partial charge in [0.2, 0.25) is 0 Å². The maximum Gasteiger partial charge on any atom is 0.121 e. The van der Waals surface area contributed by atoms with Crippen molar-refractivity contribution in [1.82, 2.24) is 0 Å². The normalized spacial score (nSPS) is 9.57. The molecular weight excluding hydrogens is 178 g/mol. The zero-order chi connectivity index (χ0) is 10.6. The topological polar surface area (TPSA) is 69.0 Å². The minimum Gasteiger partial charge on any atom is -0.507 e. The third-order valence-electron chi connectivity index (χ3n) is 2.11. The summed E-state index contributed by atoms with van der Waals surface area (Å²) < 4.78 is 0. The number of rotatable bonds is 3. The molecule has 0 fully saturated rings. The molecule has 0 aliphatic heterocycles. The number of aryl methyl sites for hydroxylation is 2. The monoisotopic (exact) mass is 191 g/mol. The van der Waals surface area contributed by atoms with E-state index < -0.39 is 0 Å². The molecule has 1 aromatic rings. The third-order valence-corrected chi connectivity index (χ3v) is 2.11. The zero-order valence-electron chi connectivity index (χ0n) is 8.36. The van der Waals surface area contributed by atoms with Crippen molar-refractivity contribution in [1.29, 1.82) is 0 Å². The van der Waals surface area contributed by atoms with Crippen molar-refractivity contribution in [2.24, 2.45) is 5.11 Å². The van der Waals surface area contributed by atoms with Gasteiger partial charge in [-0.1, -0.05) is 17.2 Å². The van der Waals surface area contributed by atoms with Crippen molar-refractivity contribution >= 4 is 0 Å². The van der Waals surface area contributed by atoms with Crippen LogP contribution < -0.4 is 0 Å². The Bertz CT molecular complexity index is 358. The summed E-state index contributed by atoms with van der Waals surface area (Å²) in [7, 11) is 0. The molecule has 0 aliphatic rings. The molecule has 0 saturated carbocycles. The summed E-state index contributed by atoms with van der Waals surface area (Å²) in [6.45, 7) is 4.18. The quantitative estimate of drug-likeness (QED) is 0.445. The van der Waals surface area contributed by atoms with E-state index in [2.05, 4.69) is 10.0 Å². The second-order valence-electron chi connectivity index (χ2n) is 3.28. The van der Waals surface area contributed by atoms with Crippen LogP contribution in [-0.2, 0) is 6.42 Å². The van der Waals surface area contributed by atoms with E-state index in [4.69, 9.17) is 5.53 Å². The largest absolute Gasteiger partial charge is 0.507 e. The Morgan fingerprint density at radius 1 is 1.36 bits per heavy atom. The summed E-state index contributed by atoms with van der Waals surface area (Å²) in [4.78, 5) is 2.69. The van der Waals surface area contributed by atoms with Crippen LogP contribution in [0.3, 0.4) is 0 Å². The number of hydrogen-bond acceptors (Lipinski definition) is 2. The van der Waals surface area contributed by atoms with Crippen molar-refractivity contribution in [3.8, 4) is 5.75 Å². The lowest BCUT2D eigenvalue weighted by Crippen LogP contribution is -1.91. The Balaban J connectivity index is 2.84. The molecule has 0 atom stereocenters. The van der Waals surface area contributed by atoms with Crippen LogP contribution in [0.4, 0.5) is 0 Å². The Morgan fingerprint density at radius 3 is 2.43 bits per heavy atom. The Labute approximate surface area is 82.8 Å². The van der Waals surface area contributed by atoms with Gasteiger partial charge in [0, 0.05) is 11.5 Å². The second kappa shape index (κ2) is 4.53. The minimum absolute atomic E-state index is 0.345. The third kappa shape index (κ3) is 2.41. The van der Waals surface area contributed by atoms with Crippen LogP contribution in [0.25, 0.3) is 10.4 Å². The number of phenolic OH excluding ortho intramolecular Hbond substituents is 1. The van der Waals surface area contributed by atoms with Crippen LogP contribution in [0.2, 0.25) is 0 Å². The standard InChI is InChI=1S/C10H13N3O/c1-7-5-9(3-4-12-13-11)6-8(2)10(7)14/h5-6,14H,3-4H2,1-2H3. The Hall–Kier alpha value is -1.67. The highest BCUT2D eigenvalue weighted by molar-refractivity contribution is 5.42. The van der Waals surface area contributed by atoms with Gasteiger partial charge in [0.25, 0.3) is 0 Å². The number of azide groups is 1. The van der Waals surface area contributed by atoms with Crippen LogP contribution in [0, 0.1) is 13.8 Å².